The van der Waals surface area contributed by atoms with Gasteiger partial charge in [0.15, 0.2) is 0 Å². The fourth-order valence-electron chi connectivity index (χ4n) is 4.16. The summed E-state index contributed by atoms with van der Waals surface area (Å²) in [5.41, 5.74) is 11.2. The molecular weight excluding hydrogens is 425 g/mol. The molecule has 2 aromatic heterocycles. The second-order valence-corrected chi connectivity index (χ2v) is 7.84. The van der Waals surface area contributed by atoms with Gasteiger partial charge in [0.25, 0.3) is 0 Å². The minimum atomic E-state index is -0.349. The molecule has 3 aromatic rings. The molecule has 33 heavy (non-hydrogen) atoms. The first-order valence-electron chi connectivity index (χ1n) is 10.7. The molecule has 1 aliphatic carbocycles. The van der Waals surface area contributed by atoms with Gasteiger partial charge < -0.3 is 20.4 Å². The molecule has 9 heteroatoms. The summed E-state index contributed by atoms with van der Waals surface area (Å²) in [6.07, 6.45) is 1.61. The molecular formula is C24H26FN5O3. The molecule has 1 aliphatic rings. The smallest absolute Gasteiger partial charge is 0.220 e. The number of aromatic nitrogens is 3. The van der Waals surface area contributed by atoms with Gasteiger partial charge in [0.1, 0.15) is 12.4 Å². The van der Waals surface area contributed by atoms with Gasteiger partial charge in [-0.25, -0.2) is 19.3 Å². The average molecular weight is 452 g/mol. The number of methoxy groups -OCH3 is 1. The van der Waals surface area contributed by atoms with E-state index in [1.165, 1.54) is 12.1 Å². The maximum atomic E-state index is 14.3. The lowest BCUT2D eigenvalue weighted by Gasteiger charge is -2.27. The van der Waals surface area contributed by atoms with Crippen LogP contribution in [-0.4, -0.2) is 46.1 Å². The Labute approximate surface area is 191 Å². The van der Waals surface area contributed by atoms with Crippen molar-refractivity contribution < 1.29 is 19.1 Å². The summed E-state index contributed by atoms with van der Waals surface area (Å²) in [5.74, 6) is 0.238. The highest BCUT2D eigenvalue weighted by atomic mass is 19.1. The van der Waals surface area contributed by atoms with E-state index in [-0.39, 0.29) is 24.3 Å². The lowest BCUT2D eigenvalue weighted by Crippen LogP contribution is -2.24. The van der Waals surface area contributed by atoms with E-state index >= 15 is 0 Å². The molecule has 4 rings (SSSR count). The highest BCUT2D eigenvalue weighted by Crippen LogP contribution is 2.38. The molecule has 1 unspecified atom stereocenters. The number of ether oxygens (including phenoxy) is 1. The Morgan fingerprint density at radius 1 is 1.18 bits per heavy atom. The number of nitrogens with zero attached hydrogens (tertiary/aromatic N) is 4. The number of aryl methyl sites for hydroxylation is 1. The molecule has 0 saturated heterocycles. The summed E-state index contributed by atoms with van der Waals surface area (Å²) in [6.45, 7) is 2.18. The number of nitrogens with two attached hydrogens (primary N) is 1. The monoisotopic (exact) mass is 451 g/mol. The lowest BCUT2D eigenvalue weighted by molar-refractivity contribution is 0.123. The Balaban J connectivity index is 1.78. The number of pyridine rings is 1. The van der Waals surface area contributed by atoms with Crippen molar-refractivity contribution in [3.05, 3.63) is 64.7 Å². The van der Waals surface area contributed by atoms with E-state index in [1.807, 2.05) is 19.1 Å². The van der Waals surface area contributed by atoms with Gasteiger partial charge in [-0.2, -0.15) is 0 Å². The van der Waals surface area contributed by atoms with Crippen molar-refractivity contribution in [3.8, 4) is 17.1 Å². The Bertz CT molecular complexity index is 1180. The van der Waals surface area contributed by atoms with Crippen LogP contribution in [0.2, 0.25) is 0 Å². The number of hydrogen-bond acceptors (Lipinski definition) is 8. The van der Waals surface area contributed by atoms with E-state index in [4.69, 9.17) is 20.4 Å². The van der Waals surface area contributed by atoms with Gasteiger partial charge in [-0.15, -0.1) is 0 Å². The van der Waals surface area contributed by atoms with E-state index < -0.39 is 0 Å². The topological polar surface area (TPSA) is 116 Å². The van der Waals surface area contributed by atoms with Crippen LogP contribution in [0.1, 0.15) is 41.3 Å². The van der Waals surface area contributed by atoms with Gasteiger partial charge in [0, 0.05) is 36.6 Å². The molecule has 3 N–H and O–H groups in total. The first-order valence-corrected chi connectivity index (χ1v) is 10.7. The van der Waals surface area contributed by atoms with Crippen molar-refractivity contribution in [3.63, 3.8) is 0 Å². The van der Waals surface area contributed by atoms with Crippen LogP contribution >= 0.6 is 0 Å². The van der Waals surface area contributed by atoms with E-state index in [9.17, 15) is 4.39 Å². The SMILES string of the molecule is COc1cccc(-c2cc(F)ccc2C2C/C(=N\OCCCO)c3c(C)nc(N)nc3C2)n1. The van der Waals surface area contributed by atoms with E-state index in [1.54, 1.807) is 19.2 Å². The second kappa shape index (κ2) is 9.91. The van der Waals surface area contributed by atoms with Crippen LogP contribution in [0, 0.1) is 12.7 Å². The summed E-state index contributed by atoms with van der Waals surface area (Å²) in [6, 6.07) is 10.1. The molecule has 1 atom stereocenters. The Hall–Kier alpha value is -3.59. The van der Waals surface area contributed by atoms with E-state index in [0.29, 0.717) is 48.7 Å². The van der Waals surface area contributed by atoms with Crippen molar-refractivity contribution in [1.82, 2.24) is 15.0 Å². The second-order valence-electron chi connectivity index (χ2n) is 7.84. The number of oxime groups is 1. The van der Waals surface area contributed by atoms with Crippen LogP contribution < -0.4 is 10.5 Å². The molecule has 0 spiro atoms. The molecule has 172 valence electrons. The summed E-state index contributed by atoms with van der Waals surface area (Å²) in [5, 5.41) is 13.4. The van der Waals surface area contributed by atoms with Crippen LogP contribution in [0.25, 0.3) is 11.3 Å². The molecule has 8 nitrogen and oxygen atoms in total. The maximum Gasteiger partial charge on any atom is 0.220 e. The number of nitrogen functional groups attached to an aromatic ring is 1. The van der Waals surface area contributed by atoms with Crippen molar-refractivity contribution in [2.45, 2.75) is 32.1 Å². The molecule has 2 heterocycles. The van der Waals surface area contributed by atoms with Gasteiger partial charge in [-0.05, 0) is 43.0 Å². The molecule has 0 bridgehead atoms. The van der Waals surface area contributed by atoms with Gasteiger partial charge in [0.2, 0.25) is 11.8 Å². The maximum absolute atomic E-state index is 14.3. The van der Waals surface area contributed by atoms with Crippen molar-refractivity contribution in [1.29, 1.82) is 0 Å². The normalized spacial score (nSPS) is 16.5. The molecule has 1 aromatic carbocycles. The van der Waals surface area contributed by atoms with Crippen LogP contribution in [0.15, 0.2) is 41.6 Å². The van der Waals surface area contributed by atoms with Gasteiger partial charge in [0.05, 0.1) is 29.9 Å². The third-order valence-electron chi connectivity index (χ3n) is 5.58. The third-order valence-corrected chi connectivity index (χ3v) is 5.58. The first-order chi connectivity index (χ1) is 16.0. The van der Waals surface area contributed by atoms with Crippen LogP contribution in [-0.2, 0) is 11.3 Å². The number of aliphatic hydroxyl groups is 1. The fraction of sp³-hybridized carbons (Fsp3) is 0.333. The zero-order valence-electron chi connectivity index (χ0n) is 18.6. The third kappa shape index (κ3) is 4.93. The van der Waals surface area contributed by atoms with Crippen molar-refractivity contribution >= 4 is 11.7 Å². The summed E-state index contributed by atoms with van der Waals surface area (Å²) in [4.78, 5) is 18.7. The van der Waals surface area contributed by atoms with Crippen LogP contribution in [0.5, 0.6) is 5.88 Å². The quantitative estimate of drug-likeness (QED) is 0.418. The number of anilines is 1. The Morgan fingerprint density at radius 2 is 2.03 bits per heavy atom. The highest BCUT2D eigenvalue weighted by Gasteiger charge is 2.31. The molecule has 0 aliphatic heterocycles. The number of hydrogen-bond donors (Lipinski definition) is 2. The number of fused-ring (bicyclic) bond motifs is 1. The predicted octanol–water partition coefficient (Wildman–Crippen LogP) is 3.41. The average Bonchev–Trinajstić information content (AvgIpc) is 2.81. The minimum absolute atomic E-state index is 0.0230. The van der Waals surface area contributed by atoms with Crippen LogP contribution in [0.3, 0.4) is 0 Å². The van der Waals surface area contributed by atoms with E-state index in [2.05, 4.69) is 20.1 Å². The zero-order valence-corrected chi connectivity index (χ0v) is 18.6. The van der Waals surface area contributed by atoms with Crippen molar-refractivity contribution in [2.75, 3.05) is 26.1 Å². The summed E-state index contributed by atoms with van der Waals surface area (Å²) in [7, 11) is 1.54. The van der Waals surface area contributed by atoms with Gasteiger partial charge in [-0.1, -0.05) is 17.3 Å². The number of benzene rings is 1. The Kier molecular flexibility index (Phi) is 6.79. The first kappa shape index (κ1) is 22.6. The predicted molar refractivity (Wildman–Crippen MR) is 123 cm³/mol. The van der Waals surface area contributed by atoms with E-state index in [0.717, 1.165) is 22.5 Å². The number of rotatable bonds is 7. The highest BCUT2D eigenvalue weighted by molar-refractivity contribution is 6.03. The number of halogens is 1. The van der Waals surface area contributed by atoms with Crippen LogP contribution in [0.4, 0.5) is 10.3 Å². The molecule has 0 fully saturated rings. The summed E-state index contributed by atoms with van der Waals surface area (Å²) < 4.78 is 19.5. The Morgan fingerprint density at radius 3 is 2.82 bits per heavy atom. The van der Waals surface area contributed by atoms with Gasteiger partial charge in [-0.3, -0.25) is 0 Å². The molecule has 0 saturated carbocycles. The number of aliphatic hydroxyl groups excluding tert-OH is 1. The zero-order chi connectivity index (χ0) is 23.4. The summed E-state index contributed by atoms with van der Waals surface area (Å²) >= 11 is 0. The fourth-order valence-corrected chi connectivity index (χ4v) is 4.16. The molecule has 0 radical (unpaired) electrons. The van der Waals surface area contributed by atoms with Crippen molar-refractivity contribution in [2.24, 2.45) is 5.16 Å². The minimum Gasteiger partial charge on any atom is -0.481 e. The standard InChI is InChI=1S/C24H26FN5O3/c1-14-23-20(29-24(26)27-14)11-15(12-21(23)30-33-10-4-9-31)17-8-7-16(25)13-18(17)19-5-3-6-22(28-19)32-2/h3,5-8,13,15,31H,4,9-12H2,1-2H3,(H2,26,27,29)/b30-21+. The molecule has 0 amide bonds. The largest absolute Gasteiger partial charge is 0.481 e. The van der Waals surface area contributed by atoms with Gasteiger partial charge >= 0.3 is 0 Å². The lowest BCUT2D eigenvalue weighted by atomic mass is 9.79.